The van der Waals surface area contributed by atoms with Crippen LogP contribution >= 0.6 is 11.8 Å². The summed E-state index contributed by atoms with van der Waals surface area (Å²) in [6, 6.07) is -0.556. The highest BCUT2D eigenvalue weighted by Gasteiger charge is 2.17. The van der Waals surface area contributed by atoms with Crippen molar-refractivity contribution in [3.05, 3.63) is 0 Å². The minimum atomic E-state index is -0.556. The van der Waals surface area contributed by atoms with Crippen LogP contribution in [0.1, 0.15) is 33.1 Å². The fraction of sp³-hybridized carbons (Fsp3) is 0.846. The Balaban J connectivity index is 3.57. The number of thioether (sulfide) groups is 1. The number of carbonyl (C=O) groups excluding carboxylic acids is 2. The van der Waals surface area contributed by atoms with Crippen molar-refractivity contribution in [3.8, 4) is 0 Å². The predicted molar refractivity (Wildman–Crippen MR) is 81.1 cm³/mol. The molecule has 0 aliphatic carbocycles. The number of nitrogens with two attached hydrogens (primary N) is 1. The molecular formula is C13H27N3O2S. The molecule has 1 atom stereocenters. The van der Waals surface area contributed by atoms with E-state index in [1.807, 2.05) is 25.6 Å². The van der Waals surface area contributed by atoms with E-state index in [1.165, 1.54) is 6.42 Å². The third-order valence-corrected chi connectivity index (χ3v) is 3.49. The number of rotatable bonds is 10. The van der Waals surface area contributed by atoms with Crippen LogP contribution in [0.5, 0.6) is 0 Å². The molecule has 5 nitrogen and oxygen atoms in total. The van der Waals surface area contributed by atoms with Crippen LogP contribution in [0.3, 0.4) is 0 Å². The minimum absolute atomic E-state index is 0.00403. The normalized spacial score (nSPS) is 12.3. The van der Waals surface area contributed by atoms with Crippen LogP contribution in [-0.2, 0) is 9.59 Å². The first-order chi connectivity index (χ1) is 8.99. The van der Waals surface area contributed by atoms with Gasteiger partial charge in [0, 0.05) is 6.54 Å². The summed E-state index contributed by atoms with van der Waals surface area (Å²) in [7, 11) is 0. The molecule has 19 heavy (non-hydrogen) atoms. The van der Waals surface area contributed by atoms with E-state index in [4.69, 9.17) is 5.73 Å². The standard InChI is InChI=1S/C13H27N3O2S/c1-10(2)12(14)13(18)16-9-11(17)15-7-5-4-6-8-19-3/h10,12H,4-9,14H2,1-3H3,(H,15,17)(H,16,18)/t12-/m0/s1. The average molecular weight is 289 g/mol. The maximum Gasteiger partial charge on any atom is 0.239 e. The Hall–Kier alpha value is -0.750. The van der Waals surface area contributed by atoms with Crippen molar-refractivity contribution in [2.45, 2.75) is 39.2 Å². The van der Waals surface area contributed by atoms with Gasteiger partial charge in [0.25, 0.3) is 0 Å². The molecule has 0 radical (unpaired) electrons. The van der Waals surface area contributed by atoms with E-state index in [0.717, 1.165) is 18.6 Å². The Labute approximate surface area is 120 Å². The van der Waals surface area contributed by atoms with E-state index < -0.39 is 6.04 Å². The van der Waals surface area contributed by atoms with Crippen molar-refractivity contribution in [1.29, 1.82) is 0 Å². The lowest BCUT2D eigenvalue weighted by molar-refractivity contribution is -0.127. The molecule has 0 saturated heterocycles. The van der Waals surface area contributed by atoms with Gasteiger partial charge < -0.3 is 16.4 Å². The molecule has 0 aliphatic rings. The zero-order chi connectivity index (χ0) is 14.7. The van der Waals surface area contributed by atoms with Crippen LogP contribution in [0.4, 0.5) is 0 Å². The lowest BCUT2D eigenvalue weighted by Crippen LogP contribution is -2.47. The summed E-state index contributed by atoms with van der Waals surface area (Å²) < 4.78 is 0. The summed E-state index contributed by atoms with van der Waals surface area (Å²) in [5, 5.41) is 5.33. The van der Waals surface area contributed by atoms with Crippen molar-refractivity contribution < 1.29 is 9.59 Å². The Bertz CT molecular complexity index is 273. The average Bonchev–Trinajstić information content (AvgIpc) is 2.38. The molecule has 0 unspecified atom stereocenters. The molecule has 2 amide bonds. The van der Waals surface area contributed by atoms with Gasteiger partial charge in [0.1, 0.15) is 0 Å². The van der Waals surface area contributed by atoms with Crippen LogP contribution in [0, 0.1) is 5.92 Å². The zero-order valence-corrected chi connectivity index (χ0v) is 13.0. The van der Waals surface area contributed by atoms with Gasteiger partial charge in [-0.2, -0.15) is 11.8 Å². The van der Waals surface area contributed by atoms with E-state index in [2.05, 4.69) is 16.9 Å². The summed E-state index contributed by atoms with van der Waals surface area (Å²) in [5.74, 6) is 0.802. The fourth-order valence-electron chi connectivity index (χ4n) is 1.43. The highest BCUT2D eigenvalue weighted by molar-refractivity contribution is 7.98. The maximum atomic E-state index is 11.5. The molecule has 0 spiro atoms. The van der Waals surface area contributed by atoms with Crippen LogP contribution in [0.25, 0.3) is 0 Å². The second-order valence-corrected chi connectivity index (χ2v) is 5.88. The van der Waals surface area contributed by atoms with E-state index in [1.54, 1.807) is 0 Å². The van der Waals surface area contributed by atoms with Gasteiger partial charge in [0.15, 0.2) is 0 Å². The lowest BCUT2D eigenvalue weighted by atomic mass is 10.1. The molecule has 0 aromatic rings. The van der Waals surface area contributed by atoms with Gasteiger partial charge in [0.05, 0.1) is 12.6 Å². The summed E-state index contributed by atoms with van der Waals surface area (Å²) in [5.41, 5.74) is 5.67. The fourth-order valence-corrected chi connectivity index (χ4v) is 1.92. The molecule has 0 heterocycles. The maximum absolute atomic E-state index is 11.5. The largest absolute Gasteiger partial charge is 0.355 e. The van der Waals surface area contributed by atoms with Crippen molar-refractivity contribution in [2.24, 2.45) is 11.7 Å². The molecule has 0 bridgehead atoms. The summed E-state index contributed by atoms with van der Waals surface area (Å²) in [6.45, 7) is 4.42. The number of unbranched alkanes of at least 4 members (excludes halogenated alkanes) is 2. The Kier molecular flexibility index (Phi) is 10.7. The highest BCUT2D eigenvalue weighted by Crippen LogP contribution is 2.01. The van der Waals surface area contributed by atoms with Gasteiger partial charge in [0.2, 0.25) is 11.8 Å². The number of amides is 2. The van der Waals surface area contributed by atoms with Gasteiger partial charge in [-0.1, -0.05) is 20.3 Å². The Morgan fingerprint density at radius 1 is 1.16 bits per heavy atom. The molecule has 0 aromatic heterocycles. The molecule has 0 fully saturated rings. The molecular weight excluding hydrogens is 262 g/mol. The third kappa shape index (κ3) is 9.78. The van der Waals surface area contributed by atoms with E-state index in [9.17, 15) is 9.59 Å². The van der Waals surface area contributed by atoms with Gasteiger partial charge in [-0.25, -0.2) is 0 Å². The van der Waals surface area contributed by atoms with Crippen molar-refractivity contribution in [1.82, 2.24) is 10.6 Å². The van der Waals surface area contributed by atoms with Crippen molar-refractivity contribution in [3.63, 3.8) is 0 Å². The second kappa shape index (κ2) is 11.1. The number of nitrogens with one attached hydrogen (secondary N) is 2. The quantitative estimate of drug-likeness (QED) is 0.518. The Morgan fingerprint density at radius 3 is 2.42 bits per heavy atom. The SMILES string of the molecule is CSCCCCCNC(=O)CNC(=O)[C@@H](N)C(C)C. The number of carbonyl (C=O) groups is 2. The van der Waals surface area contributed by atoms with Crippen LogP contribution in [-0.4, -0.2) is 43.0 Å². The topological polar surface area (TPSA) is 84.2 Å². The van der Waals surface area contributed by atoms with Gasteiger partial charge in [-0.3, -0.25) is 9.59 Å². The summed E-state index contributed by atoms with van der Waals surface area (Å²) >= 11 is 1.84. The third-order valence-electron chi connectivity index (χ3n) is 2.79. The van der Waals surface area contributed by atoms with Crippen LogP contribution < -0.4 is 16.4 Å². The lowest BCUT2D eigenvalue weighted by Gasteiger charge is -2.15. The monoisotopic (exact) mass is 289 g/mol. The van der Waals surface area contributed by atoms with Crippen LogP contribution in [0.2, 0.25) is 0 Å². The molecule has 0 aliphatic heterocycles. The molecule has 0 rings (SSSR count). The van der Waals surface area contributed by atoms with E-state index in [-0.39, 0.29) is 24.3 Å². The number of hydrogen-bond donors (Lipinski definition) is 3. The van der Waals surface area contributed by atoms with E-state index >= 15 is 0 Å². The minimum Gasteiger partial charge on any atom is -0.355 e. The Morgan fingerprint density at radius 2 is 1.84 bits per heavy atom. The summed E-state index contributed by atoms with van der Waals surface area (Å²) in [6.07, 6.45) is 5.36. The summed E-state index contributed by atoms with van der Waals surface area (Å²) in [4.78, 5) is 23.0. The van der Waals surface area contributed by atoms with Gasteiger partial charge in [-0.05, 0) is 30.8 Å². The predicted octanol–water partition coefficient (Wildman–Crippen LogP) is 0.735. The highest BCUT2D eigenvalue weighted by atomic mass is 32.2. The molecule has 6 heteroatoms. The van der Waals surface area contributed by atoms with Gasteiger partial charge >= 0.3 is 0 Å². The first kappa shape index (κ1) is 18.2. The van der Waals surface area contributed by atoms with Crippen molar-refractivity contribution >= 4 is 23.6 Å². The molecule has 0 aromatic carbocycles. The van der Waals surface area contributed by atoms with Gasteiger partial charge in [-0.15, -0.1) is 0 Å². The molecule has 0 saturated carbocycles. The first-order valence-corrected chi connectivity index (χ1v) is 8.17. The number of hydrogen-bond acceptors (Lipinski definition) is 4. The zero-order valence-electron chi connectivity index (χ0n) is 12.2. The second-order valence-electron chi connectivity index (χ2n) is 4.89. The van der Waals surface area contributed by atoms with Crippen molar-refractivity contribution in [2.75, 3.05) is 25.1 Å². The first-order valence-electron chi connectivity index (χ1n) is 6.78. The van der Waals surface area contributed by atoms with E-state index in [0.29, 0.717) is 6.54 Å². The molecule has 112 valence electrons. The molecule has 4 N–H and O–H groups in total. The smallest absolute Gasteiger partial charge is 0.239 e. The van der Waals surface area contributed by atoms with Crippen LogP contribution in [0.15, 0.2) is 0 Å².